The van der Waals surface area contributed by atoms with Crippen LogP contribution in [0.2, 0.25) is 0 Å². The Bertz CT molecular complexity index is 2790. The van der Waals surface area contributed by atoms with Crippen molar-refractivity contribution in [1.29, 1.82) is 15.8 Å². The molecule has 3 aromatic carbocycles. The molecule has 4 fully saturated rings. The van der Waals surface area contributed by atoms with Gasteiger partial charge in [0, 0.05) is 37.7 Å². The second-order valence-electron chi connectivity index (χ2n) is 21.7. The lowest BCUT2D eigenvalue weighted by Crippen LogP contribution is -2.48. The summed E-state index contributed by atoms with van der Waals surface area (Å²) in [6.45, 7) is 13.6. The summed E-state index contributed by atoms with van der Waals surface area (Å²) in [7, 11) is 1.69. The summed E-state index contributed by atoms with van der Waals surface area (Å²) in [6, 6.07) is 25.3. The first-order valence-corrected chi connectivity index (χ1v) is 24.7. The quantitative estimate of drug-likeness (QED) is 0.197. The molecule has 2 unspecified atom stereocenters. The van der Waals surface area contributed by atoms with Crippen molar-refractivity contribution in [3.05, 3.63) is 152 Å². The molecule has 10 rings (SSSR count). The van der Waals surface area contributed by atoms with E-state index in [0.717, 1.165) is 53.2 Å². The highest BCUT2D eigenvalue weighted by Crippen LogP contribution is 2.64. The topological polar surface area (TPSA) is 93.1 Å². The van der Waals surface area contributed by atoms with Crippen LogP contribution in [0.15, 0.2) is 130 Å². The number of thioether (sulfide) groups is 1. The Balaban J connectivity index is 1.17. The maximum Gasteiger partial charge on any atom is 0.437 e. The lowest BCUT2D eigenvalue weighted by molar-refractivity contribution is -0.249. The van der Waals surface area contributed by atoms with E-state index in [-0.39, 0.29) is 21.3 Å². The molecule has 3 aromatic rings. The highest BCUT2D eigenvalue weighted by molar-refractivity contribution is 8.04. The largest absolute Gasteiger partial charge is 0.497 e. The van der Waals surface area contributed by atoms with E-state index in [2.05, 4.69) is 82.9 Å². The fraction of sp³-hybridized carbons (Fsp3) is 0.431. The van der Waals surface area contributed by atoms with Crippen molar-refractivity contribution in [3.8, 4) is 24.0 Å². The molecule has 0 saturated heterocycles. The molecule has 0 radical (unpaired) electrons. The number of hydrogen-bond acceptors (Lipinski definition) is 7. The van der Waals surface area contributed by atoms with Crippen LogP contribution in [-0.2, 0) is 10.3 Å². The van der Waals surface area contributed by atoms with Crippen LogP contribution >= 0.6 is 11.8 Å². The SMILES string of the molecule is COc1ccc(N2c3cc(C)c(/C=C/C4=C(SC56CC7CC(CC(C7)C5)C6)C(=C/C=C/C5=C(C#N)C(=C(C#N)C#N)OC5(c5ccccc5)C(F)(F)F)/CC(C)(C)C4)cc3C(C)CC2(C)C)cc1. The molecular formula is C58H59F3N4O2S. The molecule has 0 N–H and O–H groups in total. The van der Waals surface area contributed by atoms with Crippen LogP contribution in [0.3, 0.4) is 0 Å². The Kier molecular flexibility index (Phi) is 12.2. The number of aryl methyl sites for hydroxylation is 1. The molecule has 0 spiro atoms. The molecule has 4 bridgehead atoms. The van der Waals surface area contributed by atoms with E-state index in [1.54, 1.807) is 31.4 Å². The van der Waals surface area contributed by atoms with Gasteiger partial charge >= 0.3 is 6.18 Å². The van der Waals surface area contributed by atoms with E-state index in [0.29, 0.717) is 12.3 Å². The van der Waals surface area contributed by atoms with Crippen molar-refractivity contribution in [2.45, 2.75) is 127 Å². The lowest BCUT2D eigenvalue weighted by Gasteiger charge is -2.57. The number of allylic oxidation sites excluding steroid dienone is 7. The molecular weight excluding hydrogens is 874 g/mol. The maximum atomic E-state index is 15.7. The van der Waals surface area contributed by atoms with Gasteiger partial charge in [0.25, 0.3) is 5.60 Å². The van der Waals surface area contributed by atoms with Crippen LogP contribution in [0.5, 0.6) is 5.75 Å². The standard InChI is InChI=1S/C58H59F3N4O2S/c1-36-22-51-48(37(2)27-55(5,6)65(51)46-18-20-47(66-7)21-19-46)26-41(36)16-17-43-32-54(3,4)31-42(53(43)68-56-28-38-23-39(29-56)25-40(24-38)30-56)12-11-15-50-49(35-64)52(44(33-62)34-63)67-57(50,58(59,60)61)45-13-9-8-10-14-45/h8-22,26,37-40H,23-25,27-32H2,1-7H3/b15-11+,17-16+,42-12+. The van der Waals surface area contributed by atoms with Crippen LogP contribution in [0.25, 0.3) is 6.08 Å². The van der Waals surface area contributed by atoms with E-state index >= 15 is 13.2 Å². The van der Waals surface area contributed by atoms with Gasteiger partial charge in [0.15, 0.2) is 11.3 Å². The van der Waals surface area contributed by atoms with E-state index in [1.807, 2.05) is 36.0 Å². The maximum absolute atomic E-state index is 15.7. The molecule has 350 valence electrons. The molecule has 68 heavy (non-hydrogen) atoms. The number of alkyl halides is 3. The molecule has 2 heterocycles. The minimum atomic E-state index is -5.07. The Hall–Kier alpha value is -5.89. The number of halogens is 3. The number of methoxy groups -OCH3 is 1. The summed E-state index contributed by atoms with van der Waals surface area (Å²) in [5.74, 6) is 2.66. The summed E-state index contributed by atoms with van der Waals surface area (Å²) in [5.41, 5.74) is 2.91. The van der Waals surface area contributed by atoms with Gasteiger partial charge in [-0.3, -0.25) is 0 Å². The molecule has 7 aliphatic rings. The van der Waals surface area contributed by atoms with E-state index < -0.39 is 34.3 Å². The zero-order valence-corrected chi connectivity index (χ0v) is 40.9. The smallest absolute Gasteiger partial charge is 0.437 e. The van der Waals surface area contributed by atoms with E-state index in [4.69, 9.17) is 9.47 Å². The van der Waals surface area contributed by atoms with Crippen molar-refractivity contribution >= 4 is 29.2 Å². The zero-order valence-electron chi connectivity index (χ0n) is 40.1. The summed E-state index contributed by atoms with van der Waals surface area (Å²) in [5, 5.41) is 30.1. The first-order valence-electron chi connectivity index (χ1n) is 23.9. The molecule has 4 saturated carbocycles. The molecule has 0 aromatic heterocycles. The van der Waals surface area contributed by atoms with Gasteiger partial charge in [0.2, 0.25) is 0 Å². The number of fused-ring (bicyclic) bond motifs is 1. The highest BCUT2D eigenvalue weighted by Gasteiger charge is 2.65. The van der Waals surface area contributed by atoms with Crippen molar-refractivity contribution in [2.24, 2.45) is 23.2 Å². The number of nitrogens with zero attached hydrogens (tertiary/aromatic N) is 4. The third kappa shape index (κ3) is 8.40. The Morgan fingerprint density at radius 2 is 1.50 bits per heavy atom. The molecule has 6 nitrogen and oxygen atoms in total. The number of rotatable bonds is 9. The van der Waals surface area contributed by atoms with Crippen LogP contribution in [0, 0.1) is 64.1 Å². The van der Waals surface area contributed by atoms with Crippen molar-refractivity contribution in [1.82, 2.24) is 0 Å². The molecule has 0 amide bonds. The molecule has 10 heteroatoms. The Labute approximate surface area is 404 Å². The summed E-state index contributed by atoms with van der Waals surface area (Å²) in [6.07, 6.45) is 14.4. The van der Waals surface area contributed by atoms with Crippen molar-refractivity contribution < 1.29 is 22.6 Å². The Morgan fingerprint density at radius 3 is 2.09 bits per heavy atom. The third-order valence-corrected chi connectivity index (χ3v) is 17.1. The van der Waals surface area contributed by atoms with Crippen LogP contribution < -0.4 is 9.64 Å². The normalized spacial score (nSPS) is 28.7. The number of ether oxygens (including phenoxy) is 2. The average molecular weight is 933 g/mol. The molecule has 5 aliphatic carbocycles. The molecule has 2 atom stereocenters. The minimum Gasteiger partial charge on any atom is -0.497 e. The van der Waals surface area contributed by atoms with Gasteiger partial charge in [-0.25, -0.2) is 0 Å². The first-order chi connectivity index (χ1) is 32.3. The monoisotopic (exact) mass is 932 g/mol. The van der Waals surface area contributed by atoms with Gasteiger partial charge in [0.05, 0.1) is 7.11 Å². The predicted molar refractivity (Wildman–Crippen MR) is 264 cm³/mol. The second-order valence-corrected chi connectivity index (χ2v) is 23.1. The van der Waals surface area contributed by atoms with Gasteiger partial charge in [0.1, 0.15) is 29.5 Å². The fourth-order valence-electron chi connectivity index (χ4n) is 13.1. The summed E-state index contributed by atoms with van der Waals surface area (Å²) in [4.78, 5) is 3.66. The Morgan fingerprint density at radius 1 is 0.853 bits per heavy atom. The number of nitriles is 3. The van der Waals surface area contributed by atoms with Gasteiger partial charge in [-0.2, -0.15) is 29.0 Å². The van der Waals surface area contributed by atoms with Gasteiger partial charge in [-0.1, -0.05) is 81.5 Å². The minimum absolute atomic E-state index is 0.0988. The van der Waals surface area contributed by atoms with E-state index in [1.165, 1.54) is 96.2 Å². The predicted octanol–water partition coefficient (Wildman–Crippen LogP) is 15.3. The van der Waals surface area contributed by atoms with Crippen LogP contribution in [0.4, 0.5) is 24.5 Å². The van der Waals surface area contributed by atoms with Crippen LogP contribution in [-0.4, -0.2) is 23.6 Å². The van der Waals surface area contributed by atoms with Crippen molar-refractivity contribution in [2.75, 3.05) is 12.0 Å². The number of benzene rings is 3. The second kappa shape index (κ2) is 17.6. The number of anilines is 2. The lowest BCUT2D eigenvalue weighted by atomic mass is 9.56. The van der Waals surface area contributed by atoms with Gasteiger partial charge < -0.3 is 14.4 Å². The van der Waals surface area contributed by atoms with Gasteiger partial charge in [-0.15, -0.1) is 11.8 Å². The average Bonchev–Trinajstić information content (AvgIpc) is 3.62. The van der Waals surface area contributed by atoms with Gasteiger partial charge in [-0.05, 0) is 172 Å². The third-order valence-electron chi connectivity index (χ3n) is 15.4. The zero-order chi connectivity index (χ0) is 48.4. The van der Waals surface area contributed by atoms with Crippen LogP contribution in [0.1, 0.15) is 121 Å². The summed E-state index contributed by atoms with van der Waals surface area (Å²) >= 11 is 2.02. The highest BCUT2D eigenvalue weighted by atomic mass is 32.2. The number of hydrogen-bond donors (Lipinski definition) is 0. The molecule has 2 aliphatic heterocycles. The van der Waals surface area contributed by atoms with E-state index in [9.17, 15) is 15.8 Å². The summed E-state index contributed by atoms with van der Waals surface area (Å²) < 4.78 is 58.4. The van der Waals surface area contributed by atoms with Crippen molar-refractivity contribution in [3.63, 3.8) is 0 Å². The fourth-order valence-corrected chi connectivity index (χ4v) is 15.0. The first kappa shape index (κ1) is 47.2.